The first-order valence-corrected chi connectivity index (χ1v) is 8.36. The van der Waals surface area contributed by atoms with E-state index in [9.17, 15) is 5.11 Å². The number of hydrogen-bond acceptors (Lipinski definition) is 5. The Morgan fingerprint density at radius 1 is 1.26 bits per heavy atom. The van der Waals surface area contributed by atoms with E-state index in [1.807, 2.05) is 0 Å². The highest BCUT2D eigenvalue weighted by Crippen LogP contribution is 2.34. The van der Waals surface area contributed by atoms with Crippen molar-refractivity contribution in [1.29, 1.82) is 0 Å². The van der Waals surface area contributed by atoms with Crippen molar-refractivity contribution in [3.8, 4) is 0 Å². The lowest BCUT2D eigenvalue weighted by Crippen LogP contribution is -2.39. The highest BCUT2D eigenvalue weighted by Gasteiger charge is 2.28. The van der Waals surface area contributed by atoms with Crippen LogP contribution in [0.4, 0.5) is 5.69 Å². The predicted octanol–water partition coefficient (Wildman–Crippen LogP) is 2.45. The van der Waals surface area contributed by atoms with E-state index in [-0.39, 0.29) is 6.61 Å². The molecule has 5 nitrogen and oxygen atoms in total. The minimum absolute atomic E-state index is 0.212. The van der Waals surface area contributed by atoms with Crippen molar-refractivity contribution in [1.82, 2.24) is 5.16 Å². The standard InChI is InChI=1S/C18H22N2O3/c21-9-7-14-6-5-13-3-1-2-4-17(13)20(14)11-16-15-12-22-10-8-18(15)23-19-16/h1-4,14,21H,5-12H2. The van der Waals surface area contributed by atoms with Gasteiger partial charge < -0.3 is 19.3 Å². The van der Waals surface area contributed by atoms with E-state index in [2.05, 4.69) is 34.3 Å². The van der Waals surface area contributed by atoms with Gasteiger partial charge in [0, 0.05) is 30.3 Å². The molecule has 122 valence electrons. The second-order valence-corrected chi connectivity index (χ2v) is 6.29. The molecule has 2 aliphatic heterocycles. The molecule has 23 heavy (non-hydrogen) atoms. The number of ether oxygens (including phenoxy) is 1. The fourth-order valence-corrected chi connectivity index (χ4v) is 3.71. The van der Waals surface area contributed by atoms with E-state index in [0.29, 0.717) is 25.8 Å². The number of aromatic nitrogens is 1. The zero-order valence-corrected chi connectivity index (χ0v) is 13.2. The zero-order valence-electron chi connectivity index (χ0n) is 13.2. The third-order valence-corrected chi connectivity index (χ3v) is 4.94. The van der Waals surface area contributed by atoms with Crippen molar-refractivity contribution in [2.24, 2.45) is 0 Å². The number of hydrogen-bond donors (Lipinski definition) is 1. The van der Waals surface area contributed by atoms with Gasteiger partial charge in [-0.05, 0) is 30.9 Å². The summed E-state index contributed by atoms with van der Waals surface area (Å²) in [7, 11) is 0. The second kappa shape index (κ2) is 6.34. The van der Waals surface area contributed by atoms with Crippen LogP contribution in [0.5, 0.6) is 0 Å². The van der Waals surface area contributed by atoms with Crippen molar-refractivity contribution in [2.75, 3.05) is 18.1 Å². The topological polar surface area (TPSA) is 58.7 Å². The Balaban J connectivity index is 1.66. The van der Waals surface area contributed by atoms with Crippen molar-refractivity contribution in [3.05, 3.63) is 46.8 Å². The summed E-state index contributed by atoms with van der Waals surface area (Å²) in [6, 6.07) is 8.87. The Kier molecular flexibility index (Phi) is 4.06. The Hall–Kier alpha value is -1.85. The highest BCUT2D eigenvalue weighted by atomic mass is 16.5. The Morgan fingerprint density at radius 3 is 3.09 bits per heavy atom. The smallest absolute Gasteiger partial charge is 0.144 e. The molecular formula is C18H22N2O3. The summed E-state index contributed by atoms with van der Waals surface area (Å²) < 4.78 is 11.1. The SMILES string of the molecule is OCCC1CCc2ccccc2N1Cc1noc2c1COCC2. The molecule has 0 saturated heterocycles. The average molecular weight is 314 g/mol. The van der Waals surface area contributed by atoms with Crippen molar-refractivity contribution in [3.63, 3.8) is 0 Å². The molecule has 1 aromatic carbocycles. The van der Waals surface area contributed by atoms with Crippen LogP contribution >= 0.6 is 0 Å². The molecule has 3 heterocycles. The summed E-state index contributed by atoms with van der Waals surface area (Å²) in [6.45, 7) is 2.23. The van der Waals surface area contributed by atoms with Crippen LogP contribution in [0.3, 0.4) is 0 Å². The maximum Gasteiger partial charge on any atom is 0.144 e. The van der Waals surface area contributed by atoms with Gasteiger partial charge in [-0.25, -0.2) is 0 Å². The molecule has 4 rings (SSSR count). The lowest BCUT2D eigenvalue weighted by Gasteiger charge is -2.38. The molecular weight excluding hydrogens is 292 g/mol. The van der Waals surface area contributed by atoms with Gasteiger partial charge in [-0.2, -0.15) is 0 Å². The van der Waals surface area contributed by atoms with Gasteiger partial charge in [0.15, 0.2) is 0 Å². The quantitative estimate of drug-likeness (QED) is 0.939. The van der Waals surface area contributed by atoms with Gasteiger partial charge in [0.1, 0.15) is 11.5 Å². The summed E-state index contributed by atoms with van der Waals surface area (Å²) in [5, 5.41) is 13.7. The normalized spacial score (nSPS) is 20.2. The van der Waals surface area contributed by atoms with Crippen molar-refractivity contribution >= 4 is 5.69 Å². The van der Waals surface area contributed by atoms with Crippen LogP contribution in [0.2, 0.25) is 0 Å². The first-order valence-electron chi connectivity index (χ1n) is 8.36. The number of benzene rings is 1. The van der Waals surface area contributed by atoms with Crippen molar-refractivity contribution < 1.29 is 14.4 Å². The van der Waals surface area contributed by atoms with Gasteiger partial charge in [-0.3, -0.25) is 0 Å². The first kappa shape index (κ1) is 14.7. The molecule has 2 aromatic rings. The van der Waals surface area contributed by atoms with Gasteiger partial charge in [0.25, 0.3) is 0 Å². The lowest BCUT2D eigenvalue weighted by atomic mass is 9.93. The molecule has 0 saturated carbocycles. The molecule has 0 bridgehead atoms. The van der Waals surface area contributed by atoms with Crippen LogP contribution in [-0.4, -0.2) is 29.5 Å². The van der Waals surface area contributed by atoms with E-state index in [1.54, 1.807) is 0 Å². The fourth-order valence-electron chi connectivity index (χ4n) is 3.71. The lowest BCUT2D eigenvalue weighted by molar-refractivity contribution is 0.102. The molecule has 1 N–H and O–H groups in total. The molecule has 0 radical (unpaired) electrons. The van der Waals surface area contributed by atoms with Gasteiger partial charge in [0.05, 0.1) is 19.8 Å². The second-order valence-electron chi connectivity index (χ2n) is 6.29. The monoisotopic (exact) mass is 314 g/mol. The van der Waals surface area contributed by atoms with Gasteiger partial charge in [0.2, 0.25) is 0 Å². The number of para-hydroxylation sites is 1. The molecule has 1 unspecified atom stereocenters. The molecule has 0 fully saturated rings. The Bertz CT molecular complexity index is 683. The molecule has 0 amide bonds. The number of aryl methyl sites for hydroxylation is 1. The third kappa shape index (κ3) is 2.75. The Morgan fingerprint density at radius 2 is 2.17 bits per heavy atom. The Labute approximate surface area is 135 Å². The number of aliphatic hydroxyl groups excluding tert-OH is 1. The van der Waals surface area contributed by atoms with E-state index in [4.69, 9.17) is 9.26 Å². The third-order valence-electron chi connectivity index (χ3n) is 4.94. The van der Waals surface area contributed by atoms with Crippen LogP contribution < -0.4 is 4.90 Å². The summed E-state index contributed by atoms with van der Waals surface area (Å²) in [5.74, 6) is 0.968. The van der Waals surface area contributed by atoms with Crippen LogP contribution in [0.25, 0.3) is 0 Å². The zero-order chi connectivity index (χ0) is 15.6. The molecule has 1 aromatic heterocycles. The largest absolute Gasteiger partial charge is 0.396 e. The molecule has 0 aliphatic carbocycles. The summed E-state index contributed by atoms with van der Waals surface area (Å²) >= 11 is 0. The summed E-state index contributed by atoms with van der Waals surface area (Å²) in [4.78, 5) is 2.38. The number of anilines is 1. The van der Waals surface area contributed by atoms with E-state index in [1.165, 1.54) is 11.3 Å². The van der Waals surface area contributed by atoms with E-state index in [0.717, 1.165) is 42.7 Å². The number of fused-ring (bicyclic) bond motifs is 2. The molecule has 1 atom stereocenters. The number of rotatable bonds is 4. The fraction of sp³-hybridized carbons (Fsp3) is 0.500. The molecule has 5 heteroatoms. The number of aliphatic hydroxyl groups is 1. The van der Waals surface area contributed by atoms with Gasteiger partial charge >= 0.3 is 0 Å². The first-order chi connectivity index (χ1) is 11.4. The summed E-state index contributed by atoms with van der Waals surface area (Å²) in [6.07, 6.45) is 3.72. The van der Waals surface area contributed by atoms with Crippen LogP contribution in [-0.2, 0) is 30.7 Å². The number of nitrogens with zero attached hydrogens (tertiary/aromatic N) is 2. The molecule has 2 aliphatic rings. The molecule has 0 spiro atoms. The van der Waals surface area contributed by atoms with E-state index < -0.39 is 0 Å². The maximum atomic E-state index is 9.42. The van der Waals surface area contributed by atoms with Gasteiger partial charge in [-0.15, -0.1) is 0 Å². The summed E-state index contributed by atoms with van der Waals surface area (Å²) in [5.41, 5.74) is 4.71. The van der Waals surface area contributed by atoms with Gasteiger partial charge in [-0.1, -0.05) is 23.4 Å². The minimum Gasteiger partial charge on any atom is -0.396 e. The highest BCUT2D eigenvalue weighted by molar-refractivity contribution is 5.56. The maximum absolute atomic E-state index is 9.42. The predicted molar refractivity (Wildman–Crippen MR) is 86.3 cm³/mol. The van der Waals surface area contributed by atoms with Crippen molar-refractivity contribution in [2.45, 2.75) is 44.9 Å². The van der Waals surface area contributed by atoms with Crippen LogP contribution in [0, 0.1) is 0 Å². The minimum atomic E-state index is 0.212. The van der Waals surface area contributed by atoms with E-state index >= 15 is 0 Å². The van der Waals surface area contributed by atoms with Crippen LogP contribution in [0.1, 0.15) is 35.4 Å². The average Bonchev–Trinajstić information content (AvgIpc) is 3.00. The van der Waals surface area contributed by atoms with Crippen LogP contribution in [0.15, 0.2) is 28.8 Å².